The van der Waals surface area contributed by atoms with Crippen LogP contribution < -0.4 is 10.1 Å². The number of fused-ring (bicyclic) bond motifs is 1. The highest BCUT2D eigenvalue weighted by Crippen LogP contribution is 2.37. The van der Waals surface area contributed by atoms with Gasteiger partial charge in [0.2, 0.25) is 11.7 Å². The second-order valence-corrected chi connectivity index (χ2v) is 8.46. The molecule has 0 saturated carbocycles. The fraction of sp³-hybridized carbons (Fsp3) is 0.214. The Morgan fingerprint density at radius 1 is 1.03 bits per heavy atom. The van der Waals surface area contributed by atoms with Crippen LogP contribution in [-0.4, -0.2) is 30.4 Å². The second-order valence-electron chi connectivity index (χ2n) is 8.46. The molecule has 5 rings (SSSR count). The molecule has 6 nitrogen and oxygen atoms in total. The van der Waals surface area contributed by atoms with E-state index >= 15 is 0 Å². The maximum atomic E-state index is 13.4. The Labute approximate surface area is 198 Å². The quantitative estimate of drug-likeness (QED) is 0.395. The molecule has 0 spiro atoms. The van der Waals surface area contributed by atoms with Crippen LogP contribution in [0.15, 0.2) is 77.2 Å². The highest BCUT2D eigenvalue weighted by molar-refractivity contribution is 6.12. The van der Waals surface area contributed by atoms with Crippen LogP contribution in [0.25, 0.3) is 22.1 Å². The van der Waals surface area contributed by atoms with Gasteiger partial charge in [0.25, 0.3) is 5.91 Å². The summed E-state index contributed by atoms with van der Waals surface area (Å²) in [5.41, 5.74) is 3.86. The third-order valence-corrected chi connectivity index (χ3v) is 6.15. The van der Waals surface area contributed by atoms with Crippen molar-refractivity contribution in [1.29, 1.82) is 0 Å². The van der Waals surface area contributed by atoms with Gasteiger partial charge in [-0.05, 0) is 48.2 Å². The van der Waals surface area contributed by atoms with Gasteiger partial charge < -0.3 is 19.4 Å². The average molecular weight is 455 g/mol. The zero-order valence-corrected chi connectivity index (χ0v) is 19.0. The van der Waals surface area contributed by atoms with Crippen LogP contribution in [0.3, 0.4) is 0 Å². The summed E-state index contributed by atoms with van der Waals surface area (Å²) in [5.74, 6) is 0.755. The van der Waals surface area contributed by atoms with Crippen LogP contribution >= 0.6 is 0 Å². The molecule has 4 aromatic rings. The Morgan fingerprint density at radius 3 is 2.68 bits per heavy atom. The number of amides is 2. The second kappa shape index (κ2) is 9.43. The molecular weight excluding hydrogens is 428 g/mol. The molecule has 6 heteroatoms. The lowest BCUT2D eigenvalue weighted by Crippen LogP contribution is -2.34. The average Bonchev–Trinajstić information content (AvgIpc) is 3.25. The summed E-state index contributed by atoms with van der Waals surface area (Å²) in [6.07, 6.45) is 2.59. The predicted octanol–water partition coefficient (Wildman–Crippen LogP) is 5.87. The van der Waals surface area contributed by atoms with Gasteiger partial charge in [0.15, 0.2) is 0 Å². The minimum atomic E-state index is -0.333. The highest BCUT2D eigenvalue weighted by atomic mass is 16.5. The number of anilines is 1. The third kappa shape index (κ3) is 4.39. The maximum absolute atomic E-state index is 13.4. The lowest BCUT2D eigenvalue weighted by atomic mass is 10.0. The summed E-state index contributed by atoms with van der Waals surface area (Å²) >= 11 is 0. The van der Waals surface area contributed by atoms with Crippen molar-refractivity contribution in [3.8, 4) is 16.9 Å². The number of hydrogen-bond acceptors (Lipinski definition) is 4. The van der Waals surface area contributed by atoms with Gasteiger partial charge in [-0.1, -0.05) is 42.5 Å². The Hall–Kier alpha value is -4.06. The van der Waals surface area contributed by atoms with E-state index in [4.69, 9.17) is 9.15 Å². The number of hydrogen-bond donors (Lipinski definition) is 1. The molecule has 2 amide bonds. The van der Waals surface area contributed by atoms with Gasteiger partial charge >= 0.3 is 0 Å². The van der Waals surface area contributed by atoms with Crippen LogP contribution in [0.2, 0.25) is 0 Å². The van der Waals surface area contributed by atoms with E-state index in [9.17, 15) is 9.59 Å². The van der Waals surface area contributed by atoms with Crippen LogP contribution in [0.4, 0.5) is 5.69 Å². The van der Waals surface area contributed by atoms with E-state index in [0.717, 1.165) is 41.5 Å². The van der Waals surface area contributed by atoms with Crippen molar-refractivity contribution < 1.29 is 18.7 Å². The fourth-order valence-electron chi connectivity index (χ4n) is 4.44. The zero-order valence-electron chi connectivity index (χ0n) is 19.0. The SMILES string of the molecule is COc1ccc2c(-c3ccccc3)c(C(=O)Nc3cccc(CN4CCCCC4=O)c3)oc2c1. The van der Waals surface area contributed by atoms with E-state index in [1.807, 2.05) is 71.6 Å². The third-order valence-electron chi connectivity index (χ3n) is 6.15. The van der Waals surface area contributed by atoms with E-state index in [0.29, 0.717) is 30.0 Å². The Morgan fingerprint density at radius 2 is 1.88 bits per heavy atom. The van der Waals surface area contributed by atoms with Crippen LogP contribution in [0.1, 0.15) is 35.4 Å². The first kappa shape index (κ1) is 21.8. The van der Waals surface area contributed by atoms with E-state index in [2.05, 4.69) is 5.32 Å². The first-order valence-electron chi connectivity index (χ1n) is 11.5. The Bertz CT molecular complexity index is 1340. The molecule has 1 aliphatic heterocycles. The molecule has 2 heterocycles. The molecule has 0 aliphatic carbocycles. The monoisotopic (exact) mass is 454 g/mol. The highest BCUT2D eigenvalue weighted by Gasteiger charge is 2.23. The maximum Gasteiger partial charge on any atom is 0.292 e. The van der Waals surface area contributed by atoms with Gasteiger partial charge in [-0.25, -0.2) is 0 Å². The van der Waals surface area contributed by atoms with E-state index in [1.165, 1.54) is 0 Å². The number of furan rings is 1. The summed E-state index contributed by atoms with van der Waals surface area (Å²) in [4.78, 5) is 27.4. The van der Waals surface area contributed by atoms with Crippen LogP contribution in [0.5, 0.6) is 5.75 Å². The fourth-order valence-corrected chi connectivity index (χ4v) is 4.44. The summed E-state index contributed by atoms with van der Waals surface area (Å²) < 4.78 is 11.4. The molecule has 0 bridgehead atoms. The number of ether oxygens (including phenoxy) is 1. The Kier molecular flexibility index (Phi) is 6.04. The summed E-state index contributed by atoms with van der Waals surface area (Å²) in [5, 5.41) is 3.82. The molecule has 34 heavy (non-hydrogen) atoms. The van der Waals surface area contributed by atoms with Gasteiger partial charge in [0.05, 0.1) is 7.11 Å². The van der Waals surface area contributed by atoms with Crippen molar-refractivity contribution in [1.82, 2.24) is 4.90 Å². The molecule has 1 aliphatic rings. The van der Waals surface area contributed by atoms with Crippen LogP contribution in [0, 0.1) is 0 Å². The number of benzene rings is 3. The molecule has 0 unspecified atom stereocenters. The van der Waals surface area contributed by atoms with E-state index in [-0.39, 0.29) is 17.6 Å². The summed E-state index contributed by atoms with van der Waals surface area (Å²) in [6, 6.07) is 22.9. The summed E-state index contributed by atoms with van der Waals surface area (Å²) in [7, 11) is 1.60. The van der Waals surface area contributed by atoms with Gasteiger partial charge in [0.1, 0.15) is 11.3 Å². The minimum Gasteiger partial charge on any atom is -0.497 e. The first-order chi connectivity index (χ1) is 16.6. The van der Waals surface area contributed by atoms with Crippen molar-refractivity contribution in [2.45, 2.75) is 25.8 Å². The number of likely N-dealkylation sites (tertiary alicyclic amines) is 1. The molecule has 3 aromatic carbocycles. The van der Waals surface area contributed by atoms with Crippen molar-refractivity contribution in [2.24, 2.45) is 0 Å². The molecule has 1 saturated heterocycles. The van der Waals surface area contributed by atoms with Crippen molar-refractivity contribution in [3.05, 3.63) is 84.1 Å². The molecule has 1 aromatic heterocycles. The summed E-state index contributed by atoms with van der Waals surface area (Å²) in [6.45, 7) is 1.32. The molecule has 1 fully saturated rings. The molecule has 172 valence electrons. The standard InChI is InChI=1S/C28H26N2O4/c1-33-22-13-14-23-24(17-22)34-27(26(23)20-9-3-2-4-10-20)28(32)29-21-11-7-8-19(16-21)18-30-15-6-5-12-25(30)31/h2-4,7-11,13-14,16-17H,5-6,12,15,18H2,1H3,(H,29,32). The molecular formula is C28H26N2O4. The zero-order chi connectivity index (χ0) is 23.5. The van der Waals surface area contributed by atoms with Gasteiger partial charge in [-0.2, -0.15) is 0 Å². The smallest absolute Gasteiger partial charge is 0.292 e. The number of nitrogens with zero attached hydrogens (tertiary/aromatic N) is 1. The number of nitrogens with one attached hydrogen (secondary N) is 1. The number of methoxy groups -OCH3 is 1. The Balaban J connectivity index is 1.45. The predicted molar refractivity (Wildman–Crippen MR) is 132 cm³/mol. The lowest BCUT2D eigenvalue weighted by molar-refractivity contribution is -0.133. The van der Waals surface area contributed by atoms with E-state index < -0.39 is 0 Å². The number of carbonyl (C=O) groups is 2. The number of rotatable bonds is 6. The van der Waals surface area contributed by atoms with E-state index in [1.54, 1.807) is 13.2 Å². The topological polar surface area (TPSA) is 71.8 Å². The van der Waals surface area contributed by atoms with Crippen molar-refractivity contribution >= 4 is 28.5 Å². The molecule has 0 atom stereocenters. The van der Waals surface area contributed by atoms with Gasteiger partial charge in [0, 0.05) is 42.2 Å². The minimum absolute atomic E-state index is 0.186. The lowest BCUT2D eigenvalue weighted by Gasteiger charge is -2.26. The number of piperidine rings is 1. The number of carbonyl (C=O) groups excluding carboxylic acids is 2. The van der Waals surface area contributed by atoms with Crippen LogP contribution in [-0.2, 0) is 11.3 Å². The van der Waals surface area contributed by atoms with Gasteiger partial charge in [-0.15, -0.1) is 0 Å². The van der Waals surface area contributed by atoms with Gasteiger partial charge in [-0.3, -0.25) is 9.59 Å². The normalized spacial score (nSPS) is 13.8. The molecule has 1 N–H and O–H groups in total. The van der Waals surface area contributed by atoms with Crippen molar-refractivity contribution in [3.63, 3.8) is 0 Å². The first-order valence-corrected chi connectivity index (χ1v) is 11.5. The molecule has 0 radical (unpaired) electrons. The van der Waals surface area contributed by atoms with Crippen molar-refractivity contribution in [2.75, 3.05) is 19.0 Å². The largest absolute Gasteiger partial charge is 0.497 e.